The maximum Gasteiger partial charge on any atom is 0.194 e. The Morgan fingerprint density at radius 3 is 1.59 bits per heavy atom. The first-order valence-electron chi connectivity index (χ1n) is 7.47. The third-order valence-corrected chi connectivity index (χ3v) is 14.0. The van der Waals surface area contributed by atoms with Crippen molar-refractivity contribution in [1.82, 2.24) is 0 Å². The predicted molar refractivity (Wildman–Crippen MR) is 106 cm³/mol. The lowest BCUT2D eigenvalue weighted by Crippen LogP contribution is -2.34. The molecule has 1 aromatic rings. The van der Waals surface area contributed by atoms with Gasteiger partial charge >= 0.3 is 0 Å². The minimum absolute atomic E-state index is 0.486. The number of thiophene rings is 1. The average molecular weight is 373 g/mol. The molecular formula is C16H28O2S2Si2. The Labute approximate surface area is 141 Å². The van der Waals surface area contributed by atoms with Gasteiger partial charge < -0.3 is 0 Å². The number of aryl methyl sites for hydroxylation is 1. The van der Waals surface area contributed by atoms with Gasteiger partial charge in [-0.25, -0.2) is 8.42 Å². The third-order valence-electron chi connectivity index (χ3n) is 3.40. The quantitative estimate of drug-likeness (QED) is 0.706. The zero-order valence-corrected chi connectivity index (χ0v) is 18.6. The smallest absolute Gasteiger partial charge is 0.194 e. The Morgan fingerprint density at radius 1 is 0.864 bits per heavy atom. The highest BCUT2D eigenvalue weighted by molar-refractivity contribution is 8.01. The van der Waals surface area contributed by atoms with E-state index in [2.05, 4.69) is 38.7 Å². The first kappa shape index (κ1) is 19.6. The number of hydrogen-bond acceptors (Lipinski definition) is 3. The van der Waals surface area contributed by atoms with Gasteiger partial charge in [0, 0.05) is 14.3 Å². The highest BCUT2D eigenvalue weighted by Gasteiger charge is 2.34. The number of hydrogen-bond donors (Lipinski definition) is 0. The normalized spacial score (nSPS) is 17.5. The summed E-state index contributed by atoms with van der Waals surface area (Å²) in [7, 11) is -5.71. The number of allylic oxidation sites excluding steroid dienone is 3. The van der Waals surface area contributed by atoms with Gasteiger partial charge in [-0.15, -0.1) is 0 Å². The van der Waals surface area contributed by atoms with Crippen LogP contribution >= 0.6 is 11.3 Å². The Bertz CT molecular complexity index is 697. The van der Waals surface area contributed by atoms with Crippen LogP contribution in [0.15, 0.2) is 33.7 Å². The lowest BCUT2D eigenvalue weighted by Gasteiger charge is -2.17. The van der Waals surface area contributed by atoms with E-state index in [4.69, 9.17) is 0 Å². The van der Waals surface area contributed by atoms with Crippen molar-refractivity contribution in [3.63, 3.8) is 0 Å². The first-order valence-corrected chi connectivity index (χ1v) is 16.8. The average Bonchev–Trinajstić information content (AvgIpc) is 2.84. The van der Waals surface area contributed by atoms with Crippen LogP contribution in [0.25, 0.3) is 0 Å². The summed E-state index contributed by atoms with van der Waals surface area (Å²) in [5, 5.41) is 0. The standard InChI is InChI=1S/C8H14O2SSi.C8H14SSi/c1-7-5-6-8(11(7,9)10)12(2,3)4;1-7-5-6-8(9-7)10(2,3)4/h5-6H,1-4H3;5-6H,1-4H3. The molecule has 124 valence electrons. The van der Waals surface area contributed by atoms with Crippen LogP contribution in [0.4, 0.5) is 0 Å². The Hall–Kier alpha value is -0.436. The molecule has 1 aliphatic heterocycles. The molecule has 0 amide bonds. The van der Waals surface area contributed by atoms with Crippen LogP contribution < -0.4 is 4.50 Å². The molecule has 0 bridgehead atoms. The van der Waals surface area contributed by atoms with Crippen molar-refractivity contribution in [2.45, 2.75) is 53.1 Å². The van der Waals surface area contributed by atoms with Gasteiger partial charge in [-0.1, -0.05) is 51.4 Å². The van der Waals surface area contributed by atoms with Gasteiger partial charge in [0.1, 0.15) is 0 Å². The molecule has 1 aliphatic rings. The maximum absolute atomic E-state index is 11.6. The van der Waals surface area contributed by atoms with E-state index in [1.54, 1.807) is 23.6 Å². The van der Waals surface area contributed by atoms with Crippen LogP contribution in [0, 0.1) is 6.92 Å². The summed E-state index contributed by atoms with van der Waals surface area (Å²) in [5.41, 5.74) is 0. The fraction of sp³-hybridized carbons (Fsp3) is 0.500. The molecule has 0 atom stereocenters. The van der Waals surface area contributed by atoms with Gasteiger partial charge in [0.2, 0.25) is 0 Å². The monoisotopic (exact) mass is 372 g/mol. The van der Waals surface area contributed by atoms with Crippen LogP contribution in [0.2, 0.25) is 39.3 Å². The Kier molecular flexibility index (Phi) is 5.87. The van der Waals surface area contributed by atoms with E-state index in [-0.39, 0.29) is 0 Å². The van der Waals surface area contributed by atoms with Gasteiger partial charge in [-0.3, -0.25) is 0 Å². The molecule has 2 heterocycles. The molecular weight excluding hydrogens is 344 g/mol. The Balaban J connectivity index is 0.000000224. The first-order chi connectivity index (χ1) is 9.76. The van der Waals surface area contributed by atoms with Crippen LogP contribution in [-0.2, 0) is 9.84 Å². The van der Waals surface area contributed by atoms with Crippen molar-refractivity contribution < 1.29 is 8.42 Å². The van der Waals surface area contributed by atoms with Crippen LogP contribution in [-0.4, -0.2) is 24.6 Å². The summed E-state index contributed by atoms with van der Waals surface area (Å²) in [6.07, 6.45) is 3.46. The molecule has 0 radical (unpaired) electrons. The topological polar surface area (TPSA) is 34.1 Å². The van der Waals surface area contributed by atoms with Crippen molar-refractivity contribution in [1.29, 1.82) is 0 Å². The summed E-state index contributed by atoms with van der Waals surface area (Å²) < 4.78 is 25.6. The van der Waals surface area contributed by atoms with Crippen LogP contribution in [0.3, 0.4) is 0 Å². The summed E-state index contributed by atoms with van der Waals surface area (Å²) in [6, 6.07) is 4.50. The highest BCUT2D eigenvalue weighted by Crippen LogP contribution is 2.30. The van der Waals surface area contributed by atoms with Crippen molar-refractivity contribution >= 4 is 41.8 Å². The molecule has 2 rings (SSSR count). The van der Waals surface area contributed by atoms with Gasteiger partial charge in [0.05, 0.1) is 16.1 Å². The minimum Gasteiger partial charge on any atom is -0.220 e. The number of sulfone groups is 1. The van der Waals surface area contributed by atoms with E-state index < -0.39 is 26.0 Å². The van der Waals surface area contributed by atoms with E-state index in [1.807, 2.05) is 31.0 Å². The van der Waals surface area contributed by atoms with Gasteiger partial charge in [0.15, 0.2) is 9.84 Å². The van der Waals surface area contributed by atoms with Crippen molar-refractivity contribution in [2.24, 2.45) is 0 Å². The largest absolute Gasteiger partial charge is 0.220 e. The lowest BCUT2D eigenvalue weighted by atomic mass is 10.5. The highest BCUT2D eigenvalue weighted by atomic mass is 32.2. The zero-order valence-electron chi connectivity index (χ0n) is 14.9. The van der Waals surface area contributed by atoms with Crippen LogP contribution in [0.5, 0.6) is 0 Å². The second kappa shape index (κ2) is 6.59. The molecule has 6 heteroatoms. The summed E-state index contributed by atoms with van der Waals surface area (Å²) >= 11 is 1.96. The molecule has 0 aromatic carbocycles. The molecule has 0 fully saturated rings. The van der Waals surface area contributed by atoms with Gasteiger partial charge in [-0.2, -0.15) is 11.3 Å². The van der Waals surface area contributed by atoms with E-state index in [0.29, 0.717) is 9.43 Å². The SMILES string of the molecule is CC1=CC=C([Si](C)(C)C)S1(=O)=O.Cc1ccc([Si](C)(C)C)s1. The molecule has 0 N–H and O–H groups in total. The second-order valence-corrected chi connectivity index (χ2v) is 21.9. The van der Waals surface area contributed by atoms with Crippen molar-refractivity contribution in [3.05, 3.63) is 38.6 Å². The van der Waals surface area contributed by atoms with Crippen LogP contribution in [0.1, 0.15) is 11.8 Å². The lowest BCUT2D eigenvalue weighted by molar-refractivity contribution is 0.609. The summed E-state index contributed by atoms with van der Waals surface area (Å²) in [4.78, 5) is 1.93. The van der Waals surface area contributed by atoms with Crippen molar-refractivity contribution in [3.8, 4) is 0 Å². The molecule has 0 aliphatic carbocycles. The van der Waals surface area contributed by atoms with E-state index in [1.165, 1.54) is 4.88 Å². The summed E-state index contributed by atoms with van der Waals surface area (Å²) in [6.45, 7) is 17.1. The van der Waals surface area contributed by atoms with E-state index >= 15 is 0 Å². The van der Waals surface area contributed by atoms with E-state index in [9.17, 15) is 8.42 Å². The fourth-order valence-corrected chi connectivity index (χ4v) is 10.1. The predicted octanol–water partition coefficient (Wildman–Crippen LogP) is 4.68. The molecule has 0 saturated heterocycles. The zero-order chi connectivity index (χ0) is 17.3. The maximum atomic E-state index is 11.6. The third kappa shape index (κ3) is 4.78. The molecule has 0 unspecified atom stereocenters. The molecule has 22 heavy (non-hydrogen) atoms. The Morgan fingerprint density at radius 2 is 1.41 bits per heavy atom. The van der Waals surface area contributed by atoms with Crippen molar-refractivity contribution in [2.75, 3.05) is 0 Å². The van der Waals surface area contributed by atoms with Gasteiger partial charge in [0.25, 0.3) is 0 Å². The molecule has 0 saturated carbocycles. The summed E-state index contributed by atoms with van der Waals surface area (Å²) in [5.74, 6) is 0. The molecule has 2 nitrogen and oxygen atoms in total. The second-order valence-electron chi connectivity index (χ2n) is 7.72. The minimum atomic E-state index is -3.04. The van der Waals surface area contributed by atoms with E-state index in [0.717, 1.165) is 0 Å². The molecule has 1 aromatic heterocycles. The number of rotatable bonds is 2. The fourth-order valence-electron chi connectivity index (χ4n) is 2.04. The molecule has 0 spiro atoms. The van der Waals surface area contributed by atoms with Gasteiger partial charge in [-0.05, 0) is 30.5 Å².